The number of carboxylic acids is 1. The third kappa shape index (κ3) is 15.6. The molecule has 2 heterocycles. The Labute approximate surface area is 310 Å². The van der Waals surface area contributed by atoms with E-state index < -0.39 is 105 Å². The van der Waals surface area contributed by atoms with Gasteiger partial charge in [-0.1, -0.05) is 0 Å². The van der Waals surface area contributed by atoms with E-state index in [0.717, 1.165) is 0 Å². The van der Waals surface area contributed by atoms with E-state index in [1.54, 1.807) is 0 Å². The van der Waals surface area contributed by atoms with Crippen LogP contribution in [0.3, 0.4) is 0 Å². The van der Waals surface area contributed by atoms with E-state index in [4.69, 9.17) is 9.47 Å². The van der Waals surface area contributed by atoms with Gasteiger partial charge >= 0.3 is 118 Å². The maximum atomic E-state index is 11.4. The summed E-state index contributed by atoms with van der Waals surface area (Å²) in [6.07, 6.45) is -18.9. The fraction of sp³-hybridized carbons (Fsp3) is 0.917. The first-order valence-electron chi connectivity index (χ1n) is 8.96. The number of carbonyl (C=O) groups is 1. The SMILES string of the molecule is O=C([O-])C1O[C@@H](O)C(OS(=O)(=O)[O-])[C@H](O)[C@@H]1O[C@H]1OC(COS(=O)(=O)[O-])C[C@@H](O)C1NS(=O)(=O)[O-].[Na+].[Na+].[Na+].[Na+]. The summed E-state index contributed by atoms with van der Waals surface area (Å²) in [5.41, 5.74) is 0. The zero-order chi connectivity index (χ0) is 26.9. The van der Waals surface area contributed by atoms with E-state index in [1.807, 2.05) is 0 Å². The molecule has 39 heavy (non-hydrogen) atoms. The molecule has 0 saturated carbocycles. The zero-order valence-electron chi connectivity index (χ0n) is 20.7. The number of carbonyl (C=O) groups excluding carboxylic acids is 1. The van der Waals surface area contributed by atoms with Gasteiger partial charge in [-0.05, 0) is 0 Å². The van der Waals surface area contributed by atoms with Crippen molar-refractivity contribution in [3.8, 4) is 0 Å². The topological polar surface area (TPSA) is 331 Å². The minimum Gasteiger partial charge on any atom is -0.735 e. The van der Waals surface area contributed by atoms with Crippen molar-refractivity contribution < 1.29 is 205 Å². The Morgan fingerprint density at radius 2 is 1.44 bits per heavy atom. The standard InChI is InChI=1S/C12H21NO19S3.4Na/c14-4-1-3(2-28-34(22,23)24)29-12(5(4)13-33(19,20)21)31-7-6(15)8(32-35(25,26)27)11(18)30-9(7)10(16)17;;;;/h3-9,11-15,18H,1-2H2,(H,16,17)(H,19,20,21)(H,22,23,24)(H,25,26,27);;;;/q;4*+1/p-4/t3?,4-,5?,6-,7+,8?,9?,11-,12-;;;;/m1..../s1. The van der Waals surface area contributed by atoms with E-state index in [-0.39, 0.29) is 118 Å². The Bertz CT molecular complexity index is 1090. The van der Waals surface area contributed by atoms with Gasteiger partial charge < -0.3 is 53.1 Å². The van der Waals surface area contributed by atoms with Crippen LogP contribution >= 0.6 is 0 Å². The van der Waals surface area contributed by atoms with Gasteiger partial charge in [0.05, 0.1) is 30.8 Å². The van der Waals surface area contributed by atoms with Crippen molar-refractivity contribution in [3.05, 3.63) is 0 Å². The van der Waals surface area contributed by atoms with Gasteiger partial charge in [-0.2, -0.15) is 0 Å². The Kier molecular flexibility index (Phi) is 22.2. The first kappa shape index (κ1) is 46.3. The molecule has 2 rings (SSSR count). The minimum atomic E-state index is -5.63. The predicted molar refractivity (Wildman–Crippen MR) is 92.9 cm³/mol. The second-order valence-corrected chi connectivity index (χ2v) is 10.3. The van der Waals surface area contributed by atoms with Crippen molar-refractivity contribution in [2.24, 2.45) is 0 Å². The minimum absolute atomic E-state index is 0. The van der Waals surface area contributed by atoms with Crippen LogP contribution in [0.25, 0.3) is 0 Å². The van der Waals surface area contributed by atoms with E-state index in [2.05, 4.69) is 13.1 Å². The van der Waals surface area contributed by atoms with Crippen LogP contribution < -0.4 is 128 Å². The molecule has 2 saturated heterocycles. The van der Waals surface area contributed by atoms with Gasteiger partial charge in [-0.3, -0.25) is 8.37 Å². The van der Waals surface area contributed by atoms with Gasteiger partial charge in [0, 0.05) is 6.42 Å². The molecule has 2 aliphatic heterocycles. The van der Waals surface area contributed by atoms with Crippen LogP contribution in [0.15, 0.2) is 0 Å². The molecule has 27 heteroatoms. The molecule has 0 radical (unpaired) electrons. The van der Waals surface area contributed by atoms with Gasteiger partial charge in [0.25, 0.3) is 0 Å². The van der Waals surface area contributed by atoms with Crippen LogP contribution in [0.2, 0.25) is 0 Å². The molecule has 0 aromatic heterocycles. The van der Waals surface area contributed by atoms with E-state index >= 15 is 0 Å². The van der Waals surface area contributed by atoms with Crippen LogP contribution in [0.1, 0.15) is 6.42 Å². The van der Waals surface area contributed by atoms with E-state index in [9.17, 15) is 64.1 Å². The molecule has 4 unspecified atom stereocenters. The molecule has 0 aliphatic carbocycles. The monoisotopic (exact) mass is 667 g/mol. The Balaban J connectivity index is -0.00000324. The number of ether oxygens (including phenoxy) is 3. The van der Waals surface area contributed by atoms with Crippen molar-refractivity contribution in [2.75, 3.05) is 6.61 Å². The summed E-state index contributed by atoms with van der Waals surface area (Å²) in [4.78, 5) is 11.4. The molecule has 0 aromatic carbocycles. The quantitative estimate of drug-likeness (QED) is 0.0954. The van der Waals surface area contributed by atoms with E-state index in [1.165, 1.54) is 4.72 Å². The first-order chi connectivity index (χ1) is 15.8. The van der Waals surface area contributed by atoms with Crippen LogP contribution in [0.5, 0.6) is 0 Å². The maximum Gasteiger partial charge on any atom is 1.00 e. The maximum absolute atomic E-state index is 11.4. The zero-order valence-corrected chi connectivity index (χ0v) is 31.2. The number of aliphatic hydroxyl groups is 3. The fourth-order valence-electron chi connectivity index (χ4n) is 3.19. The third-order valence-electron chi connectivity index (χ3n) is 4.51. The summed E-state index contributed by atoms with van der Waals surface area (Å²) < 4.78 is 122. The average molecular weight is 667 g/mol. The van der Waals surface area contributed by atoms with Crippen LogP contribution in [0, 0.1) is 0 Å². The summed E-state index contributed by atoms with van der Waals surface area (Å²) in [5, 5.41) is 41.7. The Morgan fingerprint density at radius 1 is 0.897 bits per heavy atom. The largest absolute Gasteiger partial charge is 1.00 e. The van der Waals surface area contributed by atoms with Crippen molar-refractivity contribution in [2.45, 2.75) is 61.7 Å². The molecule has 2 fully saturated rings. The van der Waals surface area contributed by atoms with Crippen molar-refractivity contribution in [1.82, 2.24) is 4.72 Å². The molecule has 9 atom stereocenters. The van der Waals surface area contributed by atoms with Gasteiger partial charge in [0.2, 0.25) is 20.8 Å². The van der Waals surface area contributed by atoms with Gasteiger partial charge in [0.1, 0.15) is 18.3 Å². The molecule has 2 aliphatic rings. The second kappa shape index (κ2) is 18.7. The smallest absolute Gasteiger partial charge is 0.735 e. The molecule has 20 nitrogen and oxygen atoms in total. The Hall–Kier alpha value is 2.84. The molecule has 0 amide bonds. The summed E-state index contributed by atoms with van der Waals surface area (Å²) in [7, 11) is -16.3. The number of aliphatic hydroxyl groups excluding tert-OH is 3. The first-order valence-corrected chi connectivity index (χ1v) is 13.0. The fourth-order valence-corrected chi connectivity index (χ4v) is 4.59. The van der Waals surface area contributed by atoms with Gasteiger partial charge in [-0.25, -0.2) is 30.0 Å². The summed E-state index contributed by atoms with van der Waals surface area (Å²) in [5.74, 6) is -2.20. The summed E-state index contributed by atoms with van der Waals surface area (Å²) in [6.45, 7) is -1.08. The van der Waals surface area contributed by atoms with Gasteiger partial charge in [0.15, 0.2) is 29.0 Å². The Morgan fingerprint density at radius 3 is 1.87 bits per heavy atom. The number of hydrogen-bond acceptors (Lipinski definition) is 19. The molecule has 4 N–H and O–H groups in total. The van der Waals surface area contributed by atoms with E-state index in [0.29, 0.717) is 0 Å². The number of hydrogen-bond donors (Lipinski definition) is 4. The third-order valence-corrected chi connectivity index (χ3v) is 5.95. The number of aliphatic carboxylic acids is 1. The molecule has 0 bridgehead atoms. The number of rotatable bonds is 10. The predicted octanol–water partition coefficient (Wildman–Crippen LogP) is -19.6. The van der Waals surface area contributed by atoms with Crippen molar-refractivity contribution in [1.29, 1.82) is 0 Å². The summed E-state index contributed by atoms with van der Waals surface area (Å²) >= 11 is 0. The molecular formula is C12H17NNa4O19S3. The molecule has 0 spiro atoms. The normalized spacial score (nSPS) is 33.3. The van der Waals surface area contributed by atoms with Crippen molar-refractivity contribution >= 4 is 37.1 Å². The molecule has 206 valence electrons. The van der Waals surface area contributed by atoms with Crippen LogP contribution in [-0.2, 0) is 58.5 Å². The van der Waals surface area contributed by atoms with Crippen molar-refractivity contribution in [3.63, 3.8) is 0 Å². The molecular weight excluding hydrogens is 650 g/mol. The average Bonchev–Trinajstić information content (AvgIpc) is 2.65. The van der Waals surface area contributed by atoms with Gasteiger partial charge in [-0.15, -0.1) is 0 Å². The summed E-state index contributed by atoms with van der Waals surface area (Å²) in [6, 6.07) is -2.07. The molecule has 0 aromatic rings. The van der Waals surface area contributed by atoms with Crippen LogP contribution in [-0.4, -0.2) is 122 Å². The second-order valence-electron chi connectivity index (χ2n) is 7.05. The number of nitrogens with one attached hydrogen (secondary N) is 1. The van der Waals surface area contributed by atoms with Crippen LogP contribution in [0.4, 0.5) is 0 Å². The number of carboxylic acid groups (broad SMARTS) is 1.